The molecule has 0 saturated heterocycles. The fraction of sp³-hybridized carbons (Fsp3) is 0. The SMILES string of the molecule is Oc1cc2sc(=S)oc2cc1Cl. The molecule has 0 spiro atoms. The third kappa shape index (κ3) is 1.22. The standard InChI is InChI=1S/C7H3ClO2S2/c8-3-1-5-6(2-4(3)9)12-7(11)10-5/h1-2,9H. The Morgan fingerprint density at radius 3 is 3.00 bits per heavy atom. The van der Waals surface area contributed by atoms with E-state index in [1.807, 2.05) is 0 Å². The Kier molecular flexibility index (Phi) is 1.83. The smallest absolute Gasteiger partial charge is 0.248 e. The third-order valence-corrected chi connectivity index (χ3v) is 2.82. The summed E-state index contributed by atoms with van der Waals surface area (Å²) in [6.45, 7) is 0. The molecule has 0 amide bonds. The van der Waals surface area contributed by atoms with Crippen LogP contribution in [0.5, 0.6) is 5.75 Å². The summed E-state index contributed by atoms with van der Waals surface area (Å²) < 4.78 is 6.39. The van der Waals surface area contributed by atoms with Crippen molar-refractivity contribution in [2.45, 2.75) is 0 Å². The van der Waals surface area contributed by atoms with Gasteiger partial charge in [0.2, 0.25) is 4.02 Å². The van der Waals surface area contributed by atoms with Gasteiger partial charge in [0, 0.05) is 12.1 Å². The second-order valence-electron chi connectivity index (χ2n) is 2.20. The van der Waals surface area contributed by atoms with Gasteiger partial charge in [0.05, 0.1) is 9.72 Å². The van der Waals surface area contributed by atoms with Crippen molar-refractivity contribution in [3.8, 4) is 5.75 Å². The number of phenolic OH excluding ortho intramolecular Hbond substituents is 1. The van der Waals surface area contributed by atoms with Crippen molar-refractivity contribution in [1.82, 2.24) is 0 Å². The van der Waals surface area contributed by atoms with Crippen LogP contribution in [0.2, 0.25) is 5.02 Å². The molecule has 0 aliphatic rings. The first-order valence-electron chi connectivity index (χ1n) is 3.09. The zero-order valence-electron chi connectivity index (χ0n) is 5.70. The van der Waals surface area contributed by atoms with Crippen molar-refractivity contribution in [3.05, 3.63) is 21.2 Å². The zero-order valence-corrected chi connectivity index (χ0v) is 8.09. The molecule has 2 rings (SSSR count). The van der Waals surface area contributed by atoms with Crippen LogP contribution in [0.3, 0.4) is 0 Å². The van der Waals surface area contributed by atoms with E-state index in [4.69, 9.17) is 28.2 Å². The van der Waals surface area contributed by atoms with Gasteiger partial charge in [-0.05, 0) is 12.2 Å². The summed E-state index contributed by atoms with van der Waals surface area (Å²) in [6, 6.07) is 3.10. The van der Waals surface area contributed by atoms with Crippen LogP contribution in [-0.2, 0) is 0 Å². The second kappa shape index (κ2) is 2.73. The summed E-state index contributed by atoms with van der Waals surface area (Å²) in [7, 11) is 0. The van der Waals surface area contributed by atoms with E-state index in [0.717, 1.165) is 4.70 Å². The van der Waals surface area contributed by atoms with Crippen molar-refractivity contribution >= 4 is 45.4 Å². The maximum Gasteiger partial charge on any atom is 0.248 e. The molecule has 62 valence electrons. The summed E-state index contributed by atoms with van der Waals surface area (Å²) in [5.41, 5.74) is 0.618. The van der Waals surface area contributed by atoms with Gasteiger partial charge in [-0.3, -0.25) is 0 Å². The predicted octanol–water partition coefficient (Wildman–Crippen LogP) is 3.58. The molecule has 1 N–H and O–H groups in total. The van der Waals surface area contributed by atoms with Gasteiger partial charge in [-0.1, -0.05) is 22.9 Å². The monoisotopic (exact) mass is 218 g/mol. The van der Waals surface area contributed by atoms with Crippen LogP contribution in [0, 0.1) is 4.02 Å². The average molecular weight is 219 g/mol. The van der Waals surface area contributed by atoms with Crippen molar-refractivity contribution in [2.24, 2.45) is 0 Å². The largest absolute Gasteiger partial charge is 0.506 e. The highest BCUT2D eigenvalue weighted by molar-refractivity contribution is 7.73. The van der Waals surface area contributed by atoms with E-state index in [9.17, 15) is 5.11 Å². The van der Waals surface area contributed by atoms with E-state index < -0.39 is 0 Å². The fourth-order valence-electron chi connectivity index (χ4n) is 0.884. The topological polar surface area (TPSA) is 33.4 Å². The molecule has 1 aromatic carbocycles. The first-order valence-corrected chi connectivity index (χ1v) is 4.69. The number of hydrogen-bond acceptors (Lipinski definition) is 4. The second-order valence-corrected chi connectivity index (χ2v) is 4.26. The zero-order chi connectivity index (χ0) is 8.72. The van der Waals surface area contributed by atoms with Gasteiger partial charge in [0.15, 0.2) is 0 Å². The van der Waals surface area contributed by atoms with Gasteiger partial charge in [-0.2, -0.15) is 0 Å². The Morgan fingerprint density at radius 1 is 1.50 bits per heavy atom. The van der Waals surface area contributed by atoms with Gasteiger partial charge in [-0.15, -0.1) is 0 Å². The van der Waals surface area contributed by atoms with Crippen LogP contribution in [0.15, 0.2) is 16.5 Å². The minimum atomic E-state index is 0.0521. The highest BCUT2D eigenvalue weighted by Crippen LogP contribution is 2.32. The van der Waals surface area contributed by atoms with E-state index in [1.54, 1.807) is 12.1 Å². The molecule has 12 heavy (non-hydrogen) atoms. The molecule has 0 bridgehead atoms. The molecule has 2 aromatic rings. The first kappa shape index (κ1) is 8.04. The van der Waals surface area contributed by atoms with Gasteiger partial charge in [-0.25, -0.2) is 0 Å². The van der Waals surface area contributed by atoms with Gasteiger partial charge in [0.25, 0.3) is 0 Å². The van der Waals surface area contributed by atoms with Crippen LogP contribution in [0.25, 0.3) is 10.3 Å². The lowest BCUT2D eigenvalue weighted by atomic mass is 10.3. The summed E-state index contributed by atoms with van der Waals surface area (Å²) in [6.07, 6.45) is 0. The molecule has 0 saturated carbocycles. The highest BCUT2D eigenvalue weighted by Gasteiger charge is 2.04. The van der Waals surface area contributed by atoms with Gasteiger partial charge in [0.1, 0.15) is 11.3 Å². The van der Waals surface area contributed by atoms with E-state index in [0.29, 0.717) is 9.60 Å². The summed E-state index contributed by atoms with van der Waals surface area (Å²) >= 11 is 11.8. The molecule has 0 fully saturated rings. The summed E-state index contributed by atoms with van der Waals surface area (Å²) in [5, 5.41) is 9.50. The average Bonchev–Trinajstić information content (AvgIpc) is 2.30. The summed E-state index contributed by atoms with van der Waals surface area (Å²) in [5.74, 6) is 0.0521. The molecule has 1 heterocycles. The van der Waals surface area contributed by atoms with E-state index >= 15 is 0 Å². The number of aromatic hydroxyl groups is 1. The van der Waals surface area contributed by atoms with Gasteiger partial charge >= 0.3 is 0 Å². The molecule has 5 heteroatoms. The van der Waals surface area contributed by atoms with Gasteiger partial charge < -0.3 is 9.52 Å². The quantitative estimate of drug-likeness (QED) is 0.687. The maximum atomic E-state index is 9.23. The van der Waals surface area contributed by atoms with Crippen LogP contribution >= 0.6 is 35.2 Å². The number of phenols is 1. The molecule has 0 aliphatic carbocycles. The fourth-order valence-corrected chi connectivity index (χ4v) is 2.08. The molecule has 1 aromatic heterocycles. The Morgan fingerprint density at radius 2 is 2.25 bits per heavy atom. The molecular formula is C7H3ClO2S2. The Labute approximate surface area is 82.0 Å². The predicted molar refractivity (Wildman–Crippen MR) is 51.6 cm³/mol. The normalized spacial score (nSPS) is 10.8. The number of rotatable bonds is 0. The van der Waals surface area contributed by atoms with Crippen LogP contribution < -0.4 is 0 Å². The van der Waals surface area contributed by atoms with Crippen molar-refractivity contribution in [1.29, 1.82) is 0 Å². The Hall–Kier alpha value is -0.580. The highest BCUT2D eigenvalue weighted by atomic mass is 35.5. The molecule has 0 radical (unpaired) electrons. The minimum Gasteiger partial charge on any atom is -0.506 e. The van der Waals surface area contributed by atoms with E-state index in [-0.39, 0.29) is 10.8 Å². The number of fused-ring (bicyclic) bond motifs is 1. The summed E-state index contributed by atoms with van der Waals surface area (Å²) in [4.78, 5) is 0. The molecule has 0 unspecified atom stereocenters. The molecule has 2 nitrogen and oxygen atoms in total. The third-order valence-electron chi connectivity index (χ3n) is 1.40. The molecule has 0 atom stereocenters. The number of benzene rings is 1. The number of halogens is 1. The minimum absolute atomic E-state index is 0.0521. The van der Waals surface area contributed by atoms with Crippen LogP contribution in [0.4, 0.5) is 0 Å². The Balaban J connectivity index is 2.92. The lowest BCUT2D eigenvalue weighted by Gasteiger charge is -1.93. The van der Waals surface area contributed by atoms with E-state index in [2.05, 4.69) is 0 Å². The van der Waals surface area contributed by atoms with Crippen molar-refractivity contribution in [3.63, 3.8) is 0 Å². The maximum absolute atomic E-state index is 9.23. The molecule has 0 aliphatic heterocycles. The van der Waals surface area contributed by atoms with Crippen molar-refractivity contribution in [2.75, 3.05) is 0 Å². The lowest BCUT2D eigenvalue weighted by Crippen LogP contribution is -1.66. The lowest BCUT2D eigenvalue weighted by molar-refractivity contribution is 0.476. The first-order chi connectivity index (χ1) is 5.66. The van der Waals surface area contributed by atoms with Crippen molar-refractivity contribution < 1.29 is 9.52 Å². The van der Waals surface area contributed by atoms with E-state index in [1.165, 1.54) is 11.3 Å². The number of hydrogen-bond donors (Lipinski definition) is 1. The Bertz CT molecular complexity index is 444. The van der Waals surface area contributed by atoms with Crippen LogP contribution in [0.1, 0.15) is 0 Å². The van der Waals surface area contributed by atoms with Crippen LogP contribution in [-0.4, -0.2) is 5.11 Å². The molecular weight excluding hydrogens is 216 g/mol.